The second-order valence-electron chi connectivity index (χ2n) is 6.05. The Morgan fingerprint density at radius 3 is 2.52 bits per heavy atom. The summed E-state index contributed by atoms with van der Waals surface area (Å²) in [5, 5.41) is 3.35. The van der Waals surface area contributed by atoms with E-state index < -0.39 is 17.0 Å². The average Bonchev–Trinajstić information content (AvgIpc) is 3.34. The molecule has 4 nitrogen and oxygen atoms in total. The third-order valence-electron chi connectivity index (χ3n) is 4.32. The van der Waals surface area contributed by atoms with Gasteiger partial charge in [0.1, 0.15) is 17.4 Å². The molecule has 132 valence electrons. The van der Waals surface area contributed by atoms with Gasteiger partial charge in [0.25, 0.3) is 0 Å². The van der Waals surface area contributed by atoms with Crippen LogP contribution < -0.4 is 15.8 Å². The van der Waals surface area contributed by atoms with Crippen LogP contribution in [0.3, 0.4) is 0 Å². The summed E-state index contributed by atoms with van der Waals surface area (Å²) in [6.07, 6.45) is 1.35. The monoisotopic (exact) mass is 365 g/mol. The molecule has 0 unspecified atom stereocenters. The van der Waals surface area contributed by atoms with Crippen LogP contribution in [0.2, 0.25) is 5.02 Å². The molecule has 1 aliphatic rings. The van der Waals surface area contributed by atoms with Crippen LogP contribution in [0.5, 0.6) is 5.75 Å². The number of hydrogen-bond donors (Lipinski definition) is 2. The quantitative estimate of drug-likeness (QED) is 0.620. The van der Waals surface area contributed by atoms with Gasteiger partial charge in [-0.2, -0.15) is 0 Å². The molecular formula is C18H18ClF2N3O. The number of nitrogens with two attached hydrogens (primary N) is 1. The summed E-state index contributed by atoms with van der Waals surface area (Å²) in [6, 6.07) is 9.00. The van der Waals surface area contributed by atoms with E-state index in [9.17, 15) is 8.78 Å². The summed E-state index contributed by atoms with van der Waals surface area (Å²) in [7, 11) is 1.53. The lowest BCUT2D eigenvalue weighted by Gasteiger charge is -2.16. The molecule has 2 aromatic carbocycles. The molecule has 3 N–H and O–H groups in total. The van der Waals surface area contributed by atoms with Crippen LogP contribution in [0.25, 0.3) is 0 Å². The summed E-state index contributed by atoms with van der Waals surface area (Å²) >= 11 is 6.06. The lowest BCUT2D eigenvalue weighted by molar-refractivity contribution is 0.415. The van der Waals surface area contributed by atoms with E-state index in [0.717, 1.165) is 0 Å². The minimum Gasteiger partial charge on any atom is -0.495 e. The minimum atomic E-state index is -0.612. The Hall–Kier alpha value is -2.34. The third kappa shape index (κ3) is 3.69. The Kier molecular flexibility index (Phi) is 4.81. The number of guanidine groups is 1. The van der Waals surface area contributed by atoms with Gasteiger partial charge in [-0.25, -0.2) is 8.78 Å². The van der Waals surface area contributed by atoms with Crippen LogP contribution in [0.1, 0.15) is 18.4 Å². The van der Waals surface area contributed by atoms with E-state index in [1.165, 1.54) is 25.3 Å². The average molecular weight is 366 g/mol. The fraction of sp³-hybridized carbons (Fsp3) is 0.278. The smallest absolute Gasteiger partial charge is 0.193 e. The molecule has 1 fully saturated rings. The Morgan fingerprint density at radius 1 is 1.28 bits per heavy atom. The summed E-state index contributed by atoms with van der Waals surface area (Å²) < 4.78 is 33.1. The van der Waals surface area contributed by atoms with Crippen molar-refractivity contribution < 1.29 is 13.5 Å². The normalized spacial score (nSPS) is 15.8. The summed E-state index contributed by atoms with van der Waals surface area (Å²) in [4.78, 5) is 4.26. The first-order valence-electron chi connectivity index (χ1n) is 7.80. The number of nitrogens with zero attached hydrogens (tertiary/aromatic N) is 1. The zero-order valence-corrected chi connectivity index (χ0v) is 14.4. The molecule has 0 spiro atoms. The molecule has 2 aromatic rings. The van der Waals surface area contributed by atoms with Crippen LogP contribution in [-0.2, 0) is 5.41 Å². The molecule has 0 bridgehead atoms. The Labute approximate surface area is 149 Å². The van der Waals surface area contributed by atoms with Crippen LogP contribution in [0.15, 0.2) is 41.4 Å². The predicted molar refractivity (Wildman–Crippen MR) is 95.4 cm³/mol. The van der Waals surface area contributed by atoms with Gasteiger partial charge in [0, 0.05) is 16.7 Å². The van der Waals surface area contributed by atoms with Crippen LogP contribution >= 0.6 is 11.6 Å². The van der Waals surface area contributed by atoms with Crippen molar-refractivity contribution in [1.82, 2.24) is 0 Å². The number of hydrogen-bond acceptors (Lipinski definition) is 2. The van der Waals surface area contributed by atoms with Gasteiger partial charge in [-0.3, -0.25) is 4.99 Å². The van der Waals surface area contributed by atoms with Gasteiger partial charge in [0.05, 0.1) is 18.7 Å². The highest BCUT2D eigenvalue weighted by atomic mass is 35.5. The van der Waals surface area contributed by atoms with Crippen LogP contribution in [0.4, 0.5) is 14.5 Å². The summed E-state index contributed by atoms with van der Waals surface area (Å²) in [5.74, 6) is -0.374. The number of benzene rings is 2. The van der Waals surface area contributed by atoms with Gasteiger partial charge < -0.3 is 15.8 Å². The van der Waals surface area contributed by atoms with Crippen molar-refractivity contribution in [2.24, 2.45) is 10.7 Å². The second-order valence-corrected chi connectivity index (χ2v) is 6.46. The Balaban J connectivity index is 1.72. The molecule has 0 atom stereocenters. The largest absolute Gasteiger partial charge is 0.495 e. The first kappa shape index (κ1) is 17.5. The van der Waals surface area contributed by atoms with E-state index >= 15 is 0 Å². The van der Waals surface area contributed by atoms with Crippen molar-refractivity contribution in [2.45, 2.75) is 18.3 Å². The molecule has 0 radical (unpaired) electrons. The van der Waals surface area contributed by atoms with Crippen molar-refractivity contribution in [2.75, 3.05) is 19.0 Å². The van der Waals surface area contributed by atoms with Gasteiger partial charge in [0.15, 0.2) is 5.96 Å². The number of ether oxygens (including phenoxy) is 1. The predicted octanol–water partition coefficient (Wildman–Crippen LogP) is 4.09. The number of aliphatic imine (C=N–C) groups is 1. The molecule has 0 amide bonds. The highest BCUT2D eigenvalue weighted by Crippen LogP contribution is 2.50. The fourth-order valence-corrected chi connectivity index (χ4v) is 3.07. The minimum absolute atomic E-state index is 0.0963. The standard InChI is InChI=1S/C18H18ClF2N3O/c1-25-15-6-5-11(9-12(15)19)24-17(22)23-10-18(7-8-18)16-13(20)3-2-4-14(16)21/h2-6,9H,7-8,10H2,1H3,(H3,22,23,24). The number of halogens is 3. The second kappa shape index (κ2) is 6.88. The molecule has 0 saturated heterocycles. The zero-order chi connectivity index (χ0) is 18.0. The van der Waals surface area contributed by atoms with E-state index in [2.05, 4.69) is 10.3 Å². The fourth-order valence-electron chi connectivity index (χ4n) is 2.81. The van der Waals surface area contributed by atoms with Gasteiger partial charge in [-0.05, 0) is 43.2 Å². The maximum atomic E-state index is 14.0. The van der Waals surface area contributed by atoms with Crippen LogP contribution in [-0.4, -0.2) is 19.6 Å². The molecule has 25 heavy (non-hydrogen) atoms. The Bertz CT molecular complexity index is 802. The van der Waals surface area contributed by atoms with E-state index in [4.69, 9.17) is 22.1 Å². The van der Waals surface area contributed by atoms with E-state index in [-0.39, 0.29) is 18.1 Å². The molecule has 1 aliphatic carbocycles. The van der Waals surface area contributed by atoms with Gasteiger partial charge in [0.2, 0.25) is 0 Å². The first-order valence-corrected chi connectivity index (χ1v) is 8.18. The maximum Gasteiger partial charge on any atom is 0.193 e. The Morgan fingerprint density at radius 2 is 1.96 bits per heavy atom. The summed E-state index contributed by atoms with van der Waals surface area (Å²) in [6.45, 7) is 0.216. The number of anilines is 1. The lowest BCUT2D eigenvalue weighted by atomic mass is 9.95. The topological polar surface area (TPSA) is 59.6 Å². The first-order chi connectivity index (χ1) is 11.9. The SMILES string of the molecule is COc1ccc(NC(N)=NCC2(c3c(F)cccc3F)CC2)cc1Cl. The van der Waals surface area contributed by atoms with Crippen molar-refractivity contribution in [1.29, 1.82) is 0 Å². The lowest BCUT2D eigenvalue weighted by Crippen LogP contribution is -2.25. The third-order valence-corrected chi connectivity index (χ3v) is 4.62. The van der Waals surface area contributed by atoms with Gasteiger partial charge in [-0.15, -0.1) is 0 Å². The van der Waals surface area contributed by atoms with E-state index in [0.29, 0.717) is 29.3 Å². The van der Waals surface area contributed by atoms with E-state index in [1.807, 2.05) is 0 Å². The zero-order valence-electron chi connectivity index (χ0n) is 13.7. The van der Waals surface area contributed by atoms with Crippen molar-refractivity contribution in [3.8, 4) is 5.75 Å². The number of methoxy groups -OCH3 is 1. The molecule has 0 heterocycles. The highest BCUT2D eigenvalue weighted by Gasteiger charge is 2.47. The molecule has 3 rings (SSSR count). The highest BCUT2D eigenvalue weighted by molar-refractivity contribution is 6.32. The van der Waals surface area contributed by atoms with Crippen molar-refractivity contribution >= 4 is 23.2 Å². The van der Waals surface area contributed by atoms with Gasteiger partial charge >= 0.3 is 0 Å². The number of nitrogens with one attached hydrogen (secondary N) is 1. The molecule has 0 aliphatic heterocycles. The molecule has 0 aromatic heterocycles. The van der Waals surface area contributed by atoms with Crippen molar-refractivity contribution in [3.63, 3.8) is 0 Å². The van der Waals surface area contributed by atoms with Crippen molar-refractivity contribution in [3.05, 3.63) is 58.6 Å². The number of rotatable bonds is 5. The van der Waals surface area contributed by atoms with E-state index in [1.54, 1.807) is 18.2 Å². The maximum absolute atomic E-state index is 14.0. The molecule has 7 heteroatoms. The van der Waals surface area contributed by atoms with Crippen LogP contribution in [0, 0.1) is 11.6 Å². The molecule has 1 saturated carbocycles. The molecular weight excluding hydrogens is 348 g/mol. The summed E-state index contributed by atoms with van der Waals surface area (Å²) in [5.41, 5.74) is 6.02. The van der Waals surface area contributed by atoms with Gasteiger partial charge in [-0.1, -0.05) is 17.7 Å².